The molecule has 34 heavy (non-hydrogen) atoms. The Morgan fingerprint density at radius 1 is 1.15 bits per heavy atom. The second-order valence-corrected chi connectivity index (χ2v) is 10.5. The lowest BCUT2D eigenvalue weighted by molar-refractivity contribution is -0.139. The molecule has 1 atom stereocenters. The maximum atomic E-state index is 14.4. The van der Waals surface area contributed by atoms with Gasteiger partial charge in [0.1, 0.15) is 18.4 Å². The largest absolute Gasteiger partial charge is 0.354 e. The minimum Gasteiger partial charge on any atom is -0.354 e. The highest BCUT2D eigenvalue weighted by Gasteiger charge is 2.31. The molecule has 0 bridgehead atoms. The molecular formula is C23H28Cl2FN3O4S. The van der Waals surface area contributed by atoms with Crippen molar-refractivity contribution in [2.75, 3.05) is 23.7 Å². The van der Waals surface area contributed by atoms with Crippen molar-refractivity contribution in [3.8, 4) is 0 Å². The summed E-state index contributed by atoms with van der Waals surface area (Å²) in [7, 11) is -3.96. The van der Waals surface area contributed by atoms with Gasteiger partial charge in [-0.3, -0.25) is 13.9 Å². The van der Waals surface area contributed by atoms with E-state index in [1.54, 1.807) is 6.07 Å². The molecule has 11 heteroatoms. The lowest BCUT2D eigenvalue weighted by Gasteiger charge is -2.31. The predicted octanol–water partition coefficient (Wildman–Crippen LogP) is 4.23. The number of hydrogen-bond acceptors (Lipinski definition) is 4. The van der Waals surface area contributed by atoms with E-state index in [1.807, 2.05) is 6.92 Å². The minimum absolute atomic E-state index is 0.0240. The summed E-state index contributed by atoms with van der Waals surface area (Å²) in [5.41, 5.74) is 0.215. The molecule has 0 fully saturated rings. The molecule has 2 amide bonds. The van der Waals surface area contributed by atoms with Gasteiger partial charge in [0.15, 0.2) is 0 Å². The van der Waals surface area contributed by atoms with Crippen LogP contribution in [-0.4, -0.2) is 50.5 Å². The number of nitrogens with zero attached hydrogens (tertiary/aromatic N) is 2. The molecule has 7 nitrogen and oxygen atoms in total. The molecule has 2 aromatic rings. The van der Waals surface area contributed by atoms with Gasteiger partial charge < -0.3 is 10.2 Å². The molecule has 1 N–H and O–H groups in total. The summed E-state index contributed by atoms with van der Waals surface area (Å²) in [5, 5.41) is 3.06. The number of halogens is 3. The number of unbranched alkanes of at least 4 members (excludes halogenated alkanes) is 1. The van der Waals surface area contributed by atoms with Gasteiger partial charge in [-0.05, 0) is 37.6 Å². The topological polar surface area (TPSA) is 86.8 Å². The standard InChI is InChI=1S/C23H28Cl2FN3O4S/c1-4-5-12-27-23(31)16(2)28(14-17-8-6-7-9-20(17)26)22(30)15-29(34(3,32)33)21-13-18(24)10-11-19(21)25/h6-11,13,16H,4-5,12,14-15H2,1-3H3,(H,27,31). The Morgan fingerprint density at radius 3 is 2.44 bits per heavy atom. The van der Waals surface area contributed by atoms with E-state index in [2.05, 4.69) is 5.32 Å². The Morgan fingerprint density at radius 2 is 1.82 bits per heavy atom. The average molecular weight is 532 g/mol. The molecule has 0 aliphatic rings. The van der Waals surface area contributed by atoms with Crippen LogP contribution >= 0.6 is 23.2 Å². The van der Waals surface area contributed by atoms with Gasteiger partial charge in [0, 0.05) is 23.7 Å². The first-order valence-electron chi connectivity index (χ1n) is 10.7. The zero-order chi connectivity index (χ0) is 25.5. The third-order valence-electron chi connectivity index (χ3n) is 5.15. The van der Waals surface area contributed by atoms with Crippen LogP contribution < -0.4 is 9.62 Å². The van der Waals surface area contributed by atoms with Crippen molar-refractivity contribution >= 4 is 50.7 Å². The Balaban J connectivity index is 2.41. The number of rotatable bonds is 11. The van der Waals surface area contributed by atoms with Gasteiger partial charge in [-0.25, -0.2) is 12.8 Å². The van der Waals surface area contributed by atoms with Crippen LogP contribution in [-0.2, 0) is 26.2 Å². The van der Waals surface area contributed by atoms with Crippen molar-refractivity contribution in [3.05, 3.63) is 63.9 Å². The lowest BCUT2D eigenvalue weighted by Crippen LogP contribution is -2.51. The quantitative estimate of drug-likeness (QED) is 0.439. The third kappa shape index (κ3) is 7.58. The zero-order valence-corrected chi connectivity index (χ0v) is 21.6. The molecule has 0 aromatic heterocycles. The SMILES string of the molecule is CCCCNC(=O)C(C)N(Cc1ccccc1F)C(=O)CN(c1cc(Cl)ccc1Cl)S(C)(=O)=O. The summed E-state index contributed by atoms with van der Waals surface area (Å²) in [6.07, 6.45) is 2.56. The molecule has 0 saturated carbocycles. The zero-order valence-electron chi connectivity index (χ0n) is 19.2. The maximum Gasteiger partial charge on any atom is 0.244 e. The third-order valence-corrected chi connectivity index (χ3v) is 6.83. The summed E-state index contributed by atoms with van der Waals surface area (Å²) in [6.45, 7) is 3.03. The van der Waals surface area contributed by atoms with E-state index in [-0.39, 0.29) is 27.8 Å². The molecule has 1 unspecified atom stereocenters. The van der Waals surface area contributed by atoms with E-state index in [9.17, 15) is 22.4 Å². The lowest BCUT2D eigenvalue weighted by atomic mass is 10.1. The van der Waals surface area contributed by atoms with Crippen molar-refractivity contribution < 1.29 is 22.4 Å². The molecule has 2 aromatic carbocycles. The fourth-order valence-electron chi connectivity index (χ4n) is 3.20. The number of nitrogens with one attached hydrogen (secondary N) is 1. The molecule has 0 aliphatic carbocycles. The summed E-state index contributed by atoms with van der Waals surface area (Å²) < 4.78 is 40.3. The highest BCUT2D eigenvalue weighted by atomic mass is 35.5. The van der Waals surface area contributed by atoms with Gasteiger partial charge >= 0.3 is 0 Å². The van der Waals surface area contributed by atoms with Crippen LogP contribution in [0.2, 0.25) is 10.0 Å². The number of hydrogen-bond donors (Lipinski definition) is 1. The number of carbonyl (C=O) groups excluding carboxylic acids is 2. The van der Waals surface area contributed by atoms with Crippen molar-refractivity contribution in [1.82, 2.24) is 10.2 Å². The molecule has 0 heterocycles. The highest BCUT2D eigenvalue weighted by Crippen LogP contribution is 2.31. The van der Waals surface area contributed by atoms with E-state index in [1.165, 1.54) is 43.3 Å². The van der Waals surface area contributed by atoms with Gasteiger partial charge in [0.05, 0.1) is 17.0 Å². The van der Waals surface area contributed by atoms with Gasteiger partial charge in [0.25, 0.3) is 0 Å². The number of benzene rings is 2. The van der Waals surface area contributed by atoms with Gasteiger partial charge in [-0.15, -0.1) is 0 Å². The predicted molar refractivity (Wildman–Crippen MR) is 133 cm³/mol. The summed E-state index contributed by atoms with van der Waals surface area (Å²) in [6, 6.07) is 9.13. The maximum absolute atomic E-state index is 14.4. The minimum atomic E-state index is -3.96. The Kier molecular flexibility index (Phi) is 10.1. The van der Waals surface area contributed by atoms with Gasteiger partial charge in [-0.1, -0.05) is 54.7 Å². The van der Waals surface area contributed by atoms with E-state index in [0.29, 0.717) is 6.54 Å². The first-order chi connectivity index (χ1) is 16.0. The van der Waals surface area contributed by atoms with Crippen molar-refractivity contribution in [2.24, 2.45) is 0 Å². The number of anilines is 1. The van der Waals surface area contributed by atoms with E-state index >= 15 is 0 Å². The van der Waals surface area contributed by atoms with Crippen LogP contribution in [0.4, 0.5) is 10.1 Å². The molecular weight excluding hydrogens is 504 g/mol. The molecule has 186 valence electrons. The van der Waals surface area contributed by atoms with Crippen molar-refractivity contribution in [1.29, 1.82) is 0 Å². The van der Waals surface area contributed by atoms with Gasteiger partial charge in [0.2, 0.25) is 21.8 Å². The fourth-order valence-corrected chi connectivity index (χ4v) is 4.49. The Hall–Kier alpha value is -2.36. The molecule has 0 aliphatic heterocycles. The fraction of sp³-hybridized carbons (Fsp3) is 0.391. The number of amides is 2. The van der Waals surface area contributed by atoms with Crippen LogP contribution in [0, 0.1) is 5.82 Å². The summed E-state index contributed by atoms with van der Waals surface area (Å²) in [4.78, 5) is 27.3. The summed E-state index contributed by atoms with van der Waals surface area (Å²) >= 11 is 12.2. The van der Waals surface area contributed by atoms with Crippen LogP contribution in [0.15, 0.2) is 42.5 Å². The molecule has 0 radical (unpaired) electrons. The average Bonchev–Trinajstić information content (AvgIpc) is 2.77. The second kappa shape index (κ2) is 12.4. The number of sulfonamides is 1. The molecule has 0 saturated heterocycles. The molecule has 2 rings (SSSR count). The van der Waals surface area contributed by atoms with E-state index in [0.717, 1.165) is 28.3 Å². The monoisotopic (exact) mass is 531 g/mol. The van der Waals surface area contributed by atoms with E-state index < -0.39 is 40.2 Å². The van der Waals surface area contributed by atoms with Crippen LogP contribution in [0.25, 0.3) is 0 Å². The van der Waals surface area contributed by atoms with E-state index in [4.69, 9.17) is 23.2 Å². The van der Waals surface area contributed by atoms with Crippen molar-refractivity contribution in [3.63, 3.8) is 0 Å². The van der Waals surface area contributed by atoms with Crippen LogP contribution in [0.3, 0.4) is 0 Å². The van der Waals surface area contributed by atoms with Crippen LogP contribution in [0.5, 0.6) is 0 Å². The first-order valence-corrected chi connectivity index (χ1v) is 13.3. The normalized spacial score (nSPS) is 12.2. The van der Waals surface area contributed by atoms with Gasteiger partial charge in [-0.2, -0.15) is 0 Å². The Labute approximate surface area is 209 Å². The van der Waals surface area contributed by atoms with Crippen LogP contribution in [0.1, 0.15) is 32.3 Å². The smallest absolute Gasteiger partial charge is 0.244 e. The summed E-state index contributed by atoms with van der Waals surface area (Å²) in [5.74, 6) is -1.68. The first kappa shape index (κ1) is 27.9. The molecule has 0 spiro atoms. The van der Waals surface area contributed by atoms with Crippen molar-refractivity contribution in [2.45, 2.75) is 39.3 Å². The number of carbonyl (C=O) groups is 2. The Bertz CT molecular complexity index is 1130. The highest BCUT2D eigenvalue weighted by molar-refractivity contribution is 7.92. The second-order valence-electron chi connectivity index (χ2n) is 7.80.